The molecule has 2 heterocycles. The Balaban J connectivity index is 1.38. The highest BCUT2D eigenvalue weighted by molar-refractivity contribution is 7.13. The monoisotopic (exact) mass is 362 g/mol. The molecule has 5 nitrogen and oxygen atoms in total. The van der Waals surface area contributed by atoms with Crippen molar-refractivity contribution in [2.75, 3.05) is 25.0 Å². The molecule has 25 heavy (non-hydrogen) atoms. The highest BCUT2D eigenvalue weighted by Gasteiger charge is 2.43. The van der Waals surface area contributed by atoms with Crippen LogP contribution in [0.2, 0.25) is 0 Å². The van der Waals surface area contributed by atoms with Crippen molar-refractivity contribution in [3.8, 4) is 0 Å². The Bertz CT molecular complexity index is 558. The van der Waals surface area contributed by atoms with E-state index in [4.69, 9.17) is 0 Å². The summed E-state index contributed by atoms with van der Waals surface area (Å²) in [5.74, 6) is 1.05. The van der Waals surface area contributed by atoms with Crippen molar-refractivity contribution in [3.05, 3.63) is 11.6 Å². The molecule has 2 aliphatic carbocycles. The second kappa shape index (κ2) is 7.62. The molecule has 0 radical (unpaired) electrons. The van der Waals surface area contributed by atoms with E-state index in [9.17, 15) is 4.79 Å². The maximum atomic E-state index is 13.0. The Kier molecular flexibility index (Phi) is 5.27. The van der Waals surface area contributed by atoms with Gasteiger partial charge >= 0.3 is 0 Å². The number of nitrogens with zero attached hydrogens (tertiary/aromatic N) is 2. The van der Waals surface area contributed by atoms with Gasteiger partial charge in [0.05, 0.1) is 0 Å². The van der Waals surface area contributed by atoms with E-state index in [1.807, 2.05) is 5.38 Å². The number of hydrogen-bond acceptors (Lipinski definition) is 5. The third kappa shape index (κ3) is 4.34. The van der Waals surface area contributed by atoms with Crippen LogP contribution in [0.3, 0.4) is 0 Å². The maximum Gasteiger partial charge on any atom is 0.246 e. The largest absolute Gasteiger partial charge is 0.351 e. The molecule has 0 unspecified atom stereocenters. The van der Waals surface area contributed by atoms with E-state index in [0.717, 1.165) is 49.8 Å². The van der Waals surface area contributed by atoms with Gasteiger partial charge in [0.25, 0.3) is 0 Å². The Morgan fingerprint density at radius 1 is 1.20 bits per heavy atom. The Labute approximate surface area is 154 Å². The Morgan fingerprint density at radius 3 is 2.60 bits per heavy atom. The van der Waals surface area contributed by atoms with Gasteiger partial charge < -0.3 is 15.5 Å². The molecular weight excluding hydrogens is 332 g/mol. The first-order valence-electron chi connectivity index (χ1n) is 9.94. The quantitative estimate of drug-likeness (QED) is 0.816. The summed E-state index contributed by atoms with van der Waals surface area (Å²) in [4.78, 5) is 19.9. The zero-order valence-electron chi connectivity index (χ0n) is 15.0. The first kappa shape index (κ1) is 17.3. The number of amides is 1. The fourth-order valence-electron chi connectivity index (χ4n) is 4.30. The van der Waals surface area contributed by atoms with Crippen LogP contribution in [-0.2, 0) is 4.79 Å². The normalized spacial score (nSPS) is 24.8. The number of carbonyl (C=O) groups is 1. The third-order valence-electron chi connectivity index (χ3n) is 6.08. The zero-order valence-corrected chi connectivity index (χ0v) is 15.8. The predicted octanol–water partition coefficient (Wildman–Crippen LogP) is 3.25. The van der Waals surface area contributed by atoms with Crippen molar-refractivity contribution in [2.24, 2.45) is 5.92 Å². The molecule has 1 aromatic rings. The summed E-state index contributed by atoms with van der Waals surface area (Å²) in [7, 11) is 0. The van der Waals surface area contributed by atoms with Gasteiger partial charge in [-0.3, -0.25) is 4.79 Å². The van der Waals surface area contributed by atoms with Crippen LogP contribution in [0.25, 0.3) is 0 Å². The van der Waals surface area contributed by atoms with Crippen LogP contribution in [0.1, 0.15) is 57.8 Å². The molecule has 1 saturated heterocycles. The van der Waals surface area contributed by atoms with Gasteiger partial charge in [0.2, 0.25) is 5.91 Å². The molecular formula is C19H30N4OS. The van der Waals surface area contributed by atoms with Crippen molar-refractivity contribution >= 4 is 22.4 Å². The van der Waals surface area contributed by atoms with Crippen molar-refractivity contribution in [1.82, 2.24) is 15.2 Å². The SMILES string of the molecule is O=C(NC1CC1)C1(Nc2nccs2)CCN(CC2CCCCC2)CC1. The molecule has 1 aromatic heterocycles. The number of aromatic nitrogens is 1. The second-order valence-electron chi connectivity index (χ2n) is 8.10. The molecule has 2 N–H and O–H groups in total. The average Bonchev–Trinajstić information content (AvgIpc) is 3.30. The smallest absolute Gasteiger partial charge is 0.246 e. The summed E-state index contributed by atoms with van der Waals surface area (Å²) in [6.45, 7) is 3.23. The number of rotatable bonds is 6. The minimum atomic E-state index is -0.483. The van der Waals surface area contributed by atoms with Crippen LogP contribution in [0.15, 0.2) is 11.6 Å². The number of carbonyl (C=O) groups excluding carboxylic acids is 1. The van der Waals surface area contributed by atoms with Gasteiger partial charge in [0, 0.05) is 37.3 Å². The molecule has 4 rings (SSSR count). The molecule has 1 aliphatic heterocycles. The highest BCUT2D eigenvalue weighted by atomic mass is 32.1. The van der Waals surface area contributed by atoms with E-state index in [1.165, 1.54) is 38.6 Å². The second-order valence-corrected chi connectivity index (χ2v) is 8.99. The maximum absolute atomic E-state index is 13.0. The molecule has 3 aliphatic rings. The summed E-state index contributed by atoms with van der Waals surface area (Å²) >= 11 is 1.58. The van der Waals surface area contributed by atoms with E-state index in [-0.39, 0.29) is 5.91 Å². The lowest BCUT2D eigenvalue weighted by Crippen LogP contribution is -2.59. The molecule has 0 spiro atoms. The van der Waals surface area contributed by atoms with E-state index in [1.54, 1.807) is 17.5 Å². The lowest BCUT2D eigenvalue weighted by Gasteiger charge is -2.42. The molecule has 1 amide bonds. The summed E-state index contributed by atoms with van der Waals surface area (Å²) in [5, 5.41) is 9.56. The Morgan fingerprint density at radius 2 is 1.96 bits per heavy atom. The fourth-order valence-corrected chi connectivity index (χ4v) is 4.93. The van der Waals surface area contributed by atoms with Crippen molar-refractivity contribution in [3.63, 3.8) is 0 Å². The summed E-state index contributed by atoms with van der Waals surface area (Å²) < 4.78 is 0. The van der Waals surface area contributed by atoms with Crippen LogP contribution in [0.4, 0.5) is 5.13 Å². The number of likely N-dealkylation sites (tertiary alicyclic amines) is 1. The van der Waals surface area contributed by atoms with Gasteiger partial charge in [0.1, 0.15) is 5.54 Å². The van der Waals surface area contributed by atoms with Crippen LogP contribution < -0.4 is 10.6 Å². The summed E-state index contributed by atoms with van der Waals surface area (Å²) in [5.41, 5.74) is -0.483. The predicted molar refractivity (Wildman–Crippen MR) is 102 cm³/mol. The van der Waals surface area contributed by atoms with Crippen LogP contribution in [0, 0.1) is 5.92 Å². The van der Waals surface area contributed by atoms with Crippen molar-refractivity contribution < 1.29 is 4.79 Å². The summed E-state index contributed by atoms with van der Waals surface area (Å²) in [6, 6.07) is 0.405. The number of hydrogen-bond donors (Lipinski definition) is 2. The standard InChI is InChI=1S/C19H30N4OS/c24-17(21-16-6-7-16)19(22-18-20-10-13-25-18)8-11-23(12-9-19)14-15-4-2-1-3-5-15/h10,13,15-16H,1-9,11-12,14H2,(H,20,22)(H,21,24). The number of anilines is 1. The van der Waals surface area contributed by atoms with E-state index in [0.29, 0.717) is 6.04 Å². The van der Waals surface area contributed by atoms with E-state index in [2.05, 4.69) is 20.5 Å². The molecule has 3 fully saturated rings. The molecule has 0 bridgehead atoms. The molecule has 2 saturated carbocycles. The highest BCUT2D eigenvalue weighted by Crippen LogP contribution is 2.32. The number of piperidine rings is 1. The molecule has 0 aromatic carbocycles. The Hall–Kier alpha value is -1.14. The lowest BCUT2D eigenvalue weighted by molar-refractivity contribution is -0.127. The molecule has 6 heteroatoms. The van der Waals surface area contributed by atoms with Gasteiger partial charge in [-0.25, -0.2) is 4.98 Å². The average molecular weight is 363 g/mol. The first-order valence-corrected chi connectivity index (χ1v) is 10.8. The lowest BCUT2D eigenvalue weighted by atomic mass is 9.84. The fraction of sp³-hybridized carbons (Fsp3) is 0.789. The molecule has 138 valence electrons. The van der Waals surface area contributed by atoms with E-state index < -0.39 is 5.54 Å². The van der Waals surface area contributed by atoms with Gasteiger partial charge in [-0.2, -0.15) is 0 Å². The van der Waals surface area contributed by atoms with Gasteiger partial charge in [0.15, 0.2) is 5.13 Å². The van der Waals surface area contributed by atoms with E-state index >= 15 is 0 Å². The summed E-state index contributed by atoms with van der Waals surface area (Å²) in [6.07, 6.45) is 12.8. The van der Waals surface area contributed by atoms with Gasteiger partial charge in [-0.15, -0.1) is 11.3 Å². The van der Waals surface area contributed by atoms with Gasteiger partial charge in [-0.1, -0.05) is 19.3 Å². The van der Waals surface area contributed by atoms with Crippen molar-refractivity contribution in [2.45, 2.75) is 69.4 Å². The van der Waals surface area contributed by atoms with Crippen LogP contribution in [-0.4, -0.2) is 47.0 Å². The number of thiazole rings is 1. The molecule has 0 atom stereocenters. The minimum Gasteiger partial charge on any atom is -0.351 e. The first-order chi connectivity index (χ1) is 12.2. The zero-order chi connectivity index (χ0) is 17.1. The minimum absolute atomic E-state index is 0.183. The number of nitrogens with one attached hydrogen (secondary N) is 2. The van der Waals surface area contributed by atoms with Crippen LogP contribution in [0.5, 0.6) is 0 Å². The van der Waals surface area contributed by atoms with Gasteiger partial charge in [-0.05, 0) is 44.4 Å². The third-order valence-corrected chi connectivity index (χ3v) is 6.77. The topological polar surface area (TPSA) is 57.3 Å². The van der Waals surface area contributed by atoms with Crippen molar-refractivity contribution in [1.29, 1.82) is 0 Å². The van der Waals surface area contributed by atoms with Crippen LogP contribution >= 0.6 is 11.3 Å².